The van der Waals surface area contributed by atoms with Crippen LogP contribution in [0.3, 0.4) is 0 Å². The van der Waals surface area contributed by atoms with Gasteiger partial charge in [0.1, 0.15) is 5.58 Å². The molecule has 49 heavy (non-hydrogen) atoms. The van der Waals surface area contributed by atoms with Crippen molar-refractivity contribution in [1.29, 1.82) is 0 Å². The summed E-state index contributed by atoms with van der Waals surface area (Å²) in [6, 6.07) is 34.4. The van der Waals surface area contributed by atoms with Crippen molar-refractivity contribution in [3.05, 3.63) is 113 Å². The van der Waals surface area contributed by atoms with Gasteiger partial charge < -0.3 is 8.90 Å². The number of anilines is 3. The molecule has 0 radical (unpaired) electrons. The predicted octanol–water partition coefficient (Wildman–Crippen LogP) is 11.1. The van der Waals surface area contributed by atoms with E-state index in [2.05, 4.69) is 142 Å². The van der Waals surface area contributed by atoms with Crippen LogP contribution in [0.15, 0.2) is 95.4 Å². The van der Waals surface area contributed by atoms with Crippen LogP contribution < -0.4 is 15.8 Å². The Labute approximate surface area is 290 Å². The summed E-state index contributed by atoms with van der Waals surface area (Å²) < 4.78 is 11.1. The van der Waals surface area contributed by atoms with E-state index in [4.69, 9.17) is 4.42 Å². The second-order valence-corrected chi connectivity index (χ2v) is 17.1. The zero-order valence-corrected chi connectivity index (χ0v) is 29.7. The third kappa shape index (κ3) is 3.44. The van der Waals surface area contributed by atoms with Gasteiger partial charge in [-0.05, 0) is 95.1 Å². The smallest absolute Gasteiger partial charge is 0.337 e. The molecule has 0 saturated heterocycles. The lowest BCUT2D eigenvalue weighted by Gasteiger charge is -2.44. The second kappa shape index (κ2) is 9.08. The van der Waals surface area contributed by atoms with Crippen LogP contribution in [-0.2, 0) is 10.8 Å². The number of furan rings is 1. The van der Waals surface area contributed by atoms with E-state index >= 15 is 0 Å². The van der Waals surface area contributed by atoms with Crippen LogP contribution in [0.25, 0.3) is 53.3 Å². The van der Waals surface area contributed by atoms with Gasteiger partial charge in [0, 0.05) is 48.5 Å². The van der Waals surface area contributed by atoms with Crippen LogP contribution in [0.5, 0.6) is 0 Å². The van der Waals surface area contributed by atoms with Crippen molar-refractivity contribution >= 4 is 88.5 Å². The third-order valence-electron chi connectivity index (χ3n) is 12.2. The lowest BCUT2D eigenvalue weighted by atomic mass is 9.45. The van der Waals surface area contributed by atoms with E-state index in [9.17, 15) is 0 Å². The molecule has 0 spiro atoms. The van der Waals surface area contributed by atoms with E-state index in [0.717, 1.165) is 11.5 Å². The number of para-hydroxylation sites is 2. The van der Waals surface area contributed by atoms with E-state index in [1.54, 1.807) is 0 Å². The molecule has 0 fully saturated rings. The summed E-state index contributed by atoms with van der Waals surface area (Å²) in [6.07, 6.45) is 2.38. The molecule has 5 aromatic carbocycles. The SMILES string of the molecule is Cc1cc2c3c(c1)N(c1cc4c(cc1C)C(C)(C)CCC4(C)C)c1oc4ccccc4c1B3n1c3sc4ccccc4c3c3cccc-2c31. The van der Waals surface area contributed by atoms with Crippen LogP contribution in [0.4, 0.5) is 17.3 Å². The van der Waals surface area contributed by atoms with Gasteiger partial charge in [0.15, 0.2) is 0 Å². The highest BCUT2D eigenvalue weighted by atomic mass is 32.1. The first kappa shape index (κ1) is 28.1. The molecule has 3 nitrogen and oxygen atoms in total. The molecule has 0 atom stereocenters. The molecule has 0 saturated carbocycles. The molecular formula is C44H37BN2OS. The van der Waals surface area contributed by atoms with Gasteiger partial charge in [-0.25, -0.2) is 0 Å². The van der Waals surface area contributed by atoms with Crippen molar-refractivity contribution in [1.82, 2.24) is 4.48 Å². The van der Waals surface area contributed by atoms with Crippen molar-refractivity contribution in [3.63, 3.8) is 0 Å². The van der Waals surface area contributed by atoms with Crippen LogP contribution in [0.2, 0.25) is 0 Å². The van der Waals surface area contributed by atoms with Gasteiger partial charge in [-0.15, -0.1) is 11.3 Å². The van der Waals surface area contributed by atoms with Crippen molar-refractivity contribution in [2.45, 2.75) is 65.2 Å². The van der Waals surface area contributed by atoms with Crippen LogP contribution in [0, 0.1) is 13.8 Å². The minimum Gasteiger partial charge on any atom is -0.440 e. The molecule has 0 amide bonds. The Kier molecular flexibility index (Phi) is 5.21. The molecule has 0 N–H and O–H groups in total. The summed E-state index contributed by atoms with van der Waals surface area (Å²) in [7, 11) is 0. The maximum atomic E-state index is 7.09. The lowest BCUT2D eigenvalue weighted by Crippen LogP contribution is -2.56. The van der Waals surface area contributed by atoms with Crippen LogP contribution in [0.1, 0.15) is 62.8 Å². The number of aromatic nitrogens is 1. The molecular weight excluding hydrogens is 615 g/mol. The molecule has 1 aliphatic carbocycles. The monoisotopic (exact) mass is 652 g/mol. The molecule has 2 aliphatic heterocycles. The minimum atomic E-state index is -0.0169. The van der Waals surface area contributed by atoms with Crippen molar-refractivity contribution < 1.29 is 4.42 Å². The zero-order valence-electron chi connectivity index (χ0n) is 28.9. The van der Waals surface area contributed by atoms with Crippen LogP contribution >= 0.6 is 11.3 Å². The predicted molar refractivity (Wildman–Crippen MR) is 210 cm³/mol. The molecule has 238 valence electrons. The summed E-state index contributed by atoms with van der Waals surface area (Å²) in [5.41, 5.74) is 15.8. The summed E-state index contributed by atoms with van der Waals surface area (Å²) in [4.78, 5) is 3.83. The van der Waals surface area contributed by atoms with Crippen molar-refractivity contribution in [3.8, 4) is 11.1 Å². The second-order valence-electron chi connectivity index (χ2n) is 16.1. The Hall–Kier alpha value is -4.74. The fraction of sp³-hybridized carbons (Fsp3) is 0.227. The Bertz CT molecular complexity index is 2770. The third-order valence-corrected chi connectivity index (χ3v) is 13.4. The highest BCUT2D eigenvalue weighted by Crippen LogP contribution is 2.52. The maximum absolute atomic E-state index is 7.09. The highest BCUT2D eigenvalue weighted by molar-refractivity contribution is 7.26. The van der Waals surface area contributed by atoms with Gasteiger partial charge in [0.05, 0.1) is 10.5 Å². The fourth-order valence-corrected chi connectivity index (χ4v) is 10.9. The van der Waals surface area contributed by atoms with Crippen LogP contribution in [-0.4, -0.2) is 11.3 Å². The summed E-state index contributed by atoms with van der Waals surface area (Å²) in [6.45, 7) is 14.2. The van der Waals surface area contributed by atoms with E-state index in [1.807, 2.05) is 11.3 Å². The lowest BCUT2D eigenvalue weighted by molar-refractivity contribution is 0.332. The Morgan fingerprint density at radius 2 is 1.41 bits per heavy atom. The number of benzene rings is 5. The van der Waals surface area contributed by atoms with Gasteiger partial charge in [-0.2, -0.15) is 0 Å². The molecule has 0 unspecified atom stereocenters. The number of rotatable bonds is 1. The Morgan fingerprint density at radius 3 is 2.22 bits per heavy atom. The summed E-state index contributed by atoms with van der Waals surface area (Å²) in [5.74, 6) is 0.946. The minimum absolute atomic E-state index is 0.0169. The molecule has 0 bridgehead atoms. The number of hydrogen-bond acceptors (Lipinski definition) is 3. The van der Waals surface area contributed by atoms with Gasteiger partial charge in [-0.3, -0.25) is 4.90 Å². The molecule has 5 heteroatoms. The molecule has 3 aromatic heterocycles. The number of nitrogens with zero attached hydrogens (tertiary/aromatic N) is 2. The number of aryl methyl sites for hydroxylation is 2. The quantitative estimate of drug-likeness (QED) is 0.165. The summed E-state index contributed by atoms with van der Waals surface area (Å²) >= 11 is 1.92. The largest absolute Gasteiger partial charge is 0.440 e. The number of fused-ring (bicyclic) bond motifs is 12. The topological polar surface area (TPSA) is 21.3 Å². The molecule has 3 aliphatic rings. The normalized spacial score (nSPS) is 16.9. The number of thiophene rings is 1. The zero-order chi connectivity index (χ0) is 33.1. The molecule has 8 aromatic rings. The van der Waals surface area contributed by atoms with E-state index in [0.29, 0.717) is 0 Å². The average Bonchev–Trinajstić information content (AvgIpc) is 3.75. The van der Waals surface area contributed by atoms with E-state index in [-0.39, 0.29) is 17.7 Å². The van der Waals surface area contributed by atoms with Crippen molar-refractivity contribution in [2.24, 2.45) is 0 Å². The van der Waals surface area contributed by atoms with Gasteiger partial charge >= 0.3 is 6.85 Å². The average molecular weight is 653 g/mol. The van der Waals surface area contributed by atoms with Gasteiger partial charge in [0.25, 0.3) is 0 Å². The number of hydrogen-bond donors (Lipinski definition) is 0. The highest BCUT2D eigenvalue weighted by Gasteiger charge is 2.47. The first-order valence-corrected chi connectivity index (χ1v) is 18.5. The Morgan fingerprint density at radius 1 is 0.694 bits per heavy atom. The fourth-order valence-electron chi connectivity index (χ4n) is 9.69. The molecule has 5 heterocycles. The standard InChI is InChI=1S/C44H37BN2OS/c1-24-20-30-26-14-11-15-29-37-28-13-8-10-17-36(28)49-42(37)47(40(26)29)45-38(30)34(21-24)46(41-39(45)27-12-7-9-16-35(27)48-41)33-23-32-31(22-25(33)2)43(3,4)18-19-44(32,5)6/h7-17,20-23H,18-19H2,1-6H3. The van der Waals surface area contributed by atoms with Gasteiger partial charge in [-0.1, -0.05) is 94.4 Å². The van der Waals surface area contributed by atoms with E-state index in [1.165, 1.54) is 105 Å². The van der Waals surface area contributed by atoms with Gasteiger partial charge in [0.2, 0.25) is 5.88 Å². The van der Waals surface area contributed by atoms with E-state index < -0.39 is 0 Å². The maximum Gasteiger partial charge on any atom is 0.337 e. The summed E-state index contributed by atoms with van der Waals surface area (Å²) in [5, 5.41) is 5.24. The molecule has 11 rings (SSSR count). The Balaban J connectivity index is 1.30. The van der Waals surface area contributed by atoms with Crippen molar-refractivity contribution in [2.75, 3.05) is 4.90 Å². The first-order chi connectivity index (χ1) is 23.6. The first-order valence-electron chi connectivity index (χ1n) is 17.7.